The maximum atomic E-state index is 4.00. The van der Waals surface area contributed by atoms with Crippen molar-refractivity contribution in [3.05, 3.63) is 0 Å². The normalized spacial score (nSPS) is 44.6. The van der Waals surface area contributed by atoms with Gasteiger partial charge in [-0.3, -0.25) is 0 Å². The summed E-state index contributed by atoms with van der Waals surface area (Å²) >= 11 is 0. The summed E-state index contributed by atoms with van der Waals surface area (Å²) in [5.74, 6) is 3.47. The van der Waals surface area contributed by atoms with Crippen LogP contribution >= 0.6 is 0 Å². The van der Waals surface area contributed by atoms with E-state index in [0.29, 0.717) is 0 Å². The van der Waals surface area contributed by atoms with Gasteiger partial charge in [-0.05, 0) is 37.0 Å². The predicted molar refractivity (Wildman–Crippen MR) is 39.9 cm³/mol. The van der Waals surface area contributed by atoms with Crippen LogP contribution in [0.4, 0.5) is 0 Å². The van der Waals surface area contributed by atoms with Crippen molar-refractivity contribution in [2.24, 2.45) is 17.8 Å². The molecule has 9 heavy (non-hydrogen) atoms. The first-order valence-corrected chi connectivity index (χ1v) is 3.71. The Morgan fingerprint density at radius 1 is 1.22 bits per heavy atom. The molecule has 50 valence electrons. The first kappa shape index (κ1) is 6.68. The molecule has 0 spiro atoms. The molecule has 3 unspecified atom stereocenters. The molecule has 0 radical (unpaired) electrons. The molecule has 0 aromatic rings. The van der Waals surface area contributed by atoms with E-state index in [-0.39, 0.29) is 0 Å². The SMILES string of the molecule is C#C.CC1CC2CCC12. The fourth-order valence-electron chi connectivity index (χ4n) is 2.09. The van der Waals surface area contributed by atoms with Crippen LogP contribution in [0.1, 0.15) is 26.2 Å². The smallest absolute Gasteiger partial charge is 0.0360 e. The van der Waals surface area contributed by atoms with Gasteiger partial charge < -0.3 is 0 Å². The monoisotopic (exact) mass is 122 g/mol. The molecule has 0 bridgehead atoms. The van der Waals surface area contributed by atoms with Gasteiger partial charge >= 0.3 is 0 Å². The third-order valence-corrected chi connectivity index (χ3v) is 2.88. The lowest BCUT2D eigenvalue weighted by Gasteiger charge is -2.51. The highest BCUT2D eigenvalue weighted by molar-refractivity contribution is 4.94. The molecule has 2 aliphatic carbocycles. The molecule has 0 aromatic carbocycles. The van der Waals surface area contributed by atoms with Crippen molar-refractivity contribution in [1.29, 1.82) is 0 Å². The second kappa shape index (κ2) is 2.43. The summed E-state index contributed by atoms with van der Waals surface area (Å²) in [6.45, 7) is 2.39. The molecule has 2 saturated carbocycles. The Hall–Kier alpha value is -0.440. The summed E-state index contributed by atoms with van der Waals surface area (Å²) in [5.41, 5.74) is 0. The van der Waals surface area contributed by atoms with E-state index in [0.717, 1.165) is 5.92 Å². The Balaban J connectivity index is 0.000000186. The number of hydrogen-bond donors (Lipinski definition) is 0. The van der Waals surface area contributed by atoms with Gasteiger partial charge in [-0.15, -0.1) is 12.8 Å². The van der Waals surface area contributed by atoms with Crippen molar-refractivity contribution in [3.8, 4) is 12.8 Å². The van der Waals surface area contributed by atoms with E-state index in [1.54, 1.807) is 19.3 Å². The van der Waals surface area contributed by atoms with E-state index in [9.17, 15) is 0 Å². The zero-order valence-electron chi connectivity index (χ0n) is 6.01. The van der Waals surface area contributed by atoms with Crippen molar-refractivity contribution in [1.82, 2.24) is 0 Å². The van der Waals surface area contributed by atoms with Crippen LogP contribution in [0.15, 0.2) is 0 Å². The largest absolute Gasteiger partial charge is 0.124 e. The van der Waals surface area contributed by atoms with E-state index in [4.69, 9.17) is 0 Å². The van der Waals surface area contributed by atoms with E-state index >= 15 is 0 Å². The molecule has 0 heterocycles. The molecule has 0 amide bonds. The van der Waals surface area contributed by atoms with Crippen LogP contribution < -0.4 is 0 Å². The predicted octanol–water partition coefficient (Wildman–Crippen LogP) is 2.30. The average molecular weight is 122 g/mol. The molecule has 0 N–H and O–H groups in total. The summed E-state index contributed by atoms with van der Waals surface area (Å²) in [6, 6.07) is 0. The molecule has 0 aliphatic heterocycles. The first-order valence-electron chi connectivity index (χ1n) is 3.71. The molecule has 0 aromatic heterocycles. The highest BCUT2D eigenvalue weighted by Crippen LogP contribution is 2.53. The third-order valence-electron chi connectivity index (χ3n) is 2.88. The Labute approximate surface area is 57.7 Å². The Bertz CT molecular complexity index is 108. The second-order valence-electron chi connectivity index (χ2n) is 3.21. The molecule has 0 heteroatoms. The molecular formula is C9H14. The Morgan fingerprint density at radius 3 is 1.89 bits per heavy atom. The van der Waals surface area contributed by atoms with Crippen molar-refractivity contribution in [3.63, 3.8) is 0 Å². The Kier molecular flexibility index (Phi) is 1.81. The van der Waals surface area contributed by atoms with Gasteiger partial charge in [-0.2, -0.15) is 0 Å². The van der Waals surface area contributed by atoms with Gasteiger partial charge in [0.15, 0.2) is 0 Å². The van der Waals surface area contributed by atoms with E-state index in [2.05, 4.69) is 19.8 Å². The highest BCUT2D eigenvalue weighted by atomic mass is 14.5. The Morgan fingerprint density at radius 2 is 1.89 bits per heavy atom. The van der Waals surface area contributed by atoms with Crippen molar-refractivity contribution in [2.75, 3.05) is 0 Å². The van der Waals surface area contributed by atoms with Crippen LogP contribution in [0.2, 0.25) is 0 Å². The first-order chi connectivity index (χ1) is 4.38. The van der Waals surface area contributed by atoms with Gasteiger partial charge in [0, 0.05) is 0 Å². The second-order valence-corrected chi connectivity index (χ2v) is 3.21. The summed E-state index contributed by atoms with van der Waals surface area (Å²) in [7, 11) is 0. The standard InChI is InChI=1S/C7H12.C2H2/c1-5-4-6-2-3-7(5)6;1-2/h5-7H,2-4H2,1H3;1-2H. The van der Waals surface area contributed by atoms with Gasteiger partial charge in [0.1, 0.15) is 0 Å². The molecule has 2 aliphatic rings. The zero-order chi connectivity index (χ0) is 6.85. The van der Waals surface area contributed by atoms with Crippen LogP contribution in [-0.2, 0) is 0 Å². The molecular weight excluding hydrogens is 108 g/mol. The van der Waals surface area contributed by atoms with Gasteiger partial charge in [0.25, 0.3) is 0 Å². The van der Waals surface area contributed by atoms with E-state index < -0.39 is 0 Å². The van der Waals surface area contributed by atoms with Crippen LogP contribution in [-0.4, -0.2) is 0 Å². The molecule has 2 rings (SSSR count). The minimum atomic E-state index is 1.10. The minimum absolute atomic E-state index is 1.10. The lowest BCUT2D eigenvalue weighted by atomic mass is 9.54. The molecule has 2 fully saturated rings. The van der Waals surface area contributed by atoms with Gasteiger partial charge in [0.05, 0.1) is 0 Å². The molecule has 0 nitrogen and oxygen atoms in total. The minimum Gasteiger partial charge on any atom is -0.124 e. The summed E-state index contributed by atoms with van der Waals surface area (Å²) in [5, 5.41) is 0. The number of hydrogen-bond acceptors (Lipinski definition) is 0. The zero-order valence-corrected chi connectivity index (χ0v) is 6.01. The fourth-order valence-corrected chi connectivity index (χ4v) is 2.09. The van der Waals surface area contributed by atoms with Crippen molar-refractivity contribution in [2.45, 2.75) is 26.2 Å². The summed E-state index contributed by atoms with van der Waals surface area (Å²) in [6.07, 6.45) is 12.6. The number of fused-ring (bicyclic) bond motifs is 1. The van der Waals surface area contributed by atoms with Gasteiger partial charge in [-0.25, -0.2) is 0 Å². The van der Waals surface area contributed by atoms with Crippen LogP contribution in [0, 0.1) is 30.6 Å². The maximum absolute atomic E-state index is 4.00. The molecule has 3 atom stereocenters. The fraction of sp³-hybridized carbons (Fsp3) is 0.778. The van der Waals surface area contributed by atoms with Crippen LogP contribution in [0.25, 0.3) is 0 Å². The quantitative estimate of drug-likeness (QED) is 0.432. The third kappa shape index (κ3) is 0.852. The summed E-state index contributed by atoms with van der Waals surface area (Å²) in [4.78, 5) is 0. The van der Waals surface area contributed by atoms with E-state index in [1.807, 2.05) is 0 Å². The van der Waals surface area contributed by atoms with E-state index in [1.165, 1.54) is 11.8 Å². The topological polar surface area (TPSA) is 0 Å². The lowest BCUT2D eigenvalue weighted by Crippen LogP contribution is -2.42. The van der Waals surface area contributed by atoms with Gasteiger partial charge in [0.2, 0.25) is 0 Å². The number of rotatable bonds is 0. The molecule has 0 saturated heterocycles. The van der Waals surface area contributed by atoms with Crippen molar-refractivity contribution < 1.29 is 0 Å². The van der Waals surface area contributed by atoms with Crippen molar-refractivity contribution >= 4 is 0 Å². The van der Waals surface area contributed by atoms with Crippen LogP contribution in [0.3, 0.4) is 0 Å². The summed E-state index contributed by atoms with van der Waals surface area (Å²) < 4.78 is 0. The maximum Gasteiger partial charge on any atom is -0.0360 e. The lowest BCUT2D eigenvalue weighted by molar-refractivity contribution is -0.0138. The highest BCUT2D eigenvalue weighted by Gasteiger charge is 2.43. The van der Waals surface area contributed by atoms with Crippen LogP contribution in [0.5, 0.6) is 0 Å². The number of terminal acetylenes is 1. The van der Waals surface area contributed by atoms with Gasteiger partial charge in [-0.1, -0.05) is 6.92 Å². The average Bonchev–Trinajstić information content (AvgIpc) is 1.87.